The van der Waals surface area contributed by atoms with Gasteiger partial charge in [-0.05, 0) is 18.4 Å². The molecule has 1 aromatic carbocycles. The van der Waals surface area contributed by atoms with Crippen molar-refractivity contribution >= 4 is 5.97 Å². The van der Waals surface area contributed by atoms with Crippen LogP contribution in [0.2, 0.25) is 0 Å². The fourth-order valence-corrected chi connectivity index (χ4v) is 0.988. The van der Waals surface area contributed by atoms with Crippen LogP contribution in [0.4, 0.5) is 0 Å². The Kier molecular flexibility index (Phi) is 8.39. The molecule has 0 unspecified atom stereocenters. The van der Waals surface area contributed by atoms with Gasteiger partial charge >= 0.3 is 5.97 Å². The predicted molar refractivity (Wildman–Crippen MR) is 59.8 cm³/mol. The number of aliphatic hydroxyl groups is 1. The largest absolute Gasteiger partial charge is 0.481 e. The summed E-state index contributed by atoms with van der Waals surface area (Å²) in [6.45, 7) is 2.08. The number of hydrogen-bond acceptors (Lipinski definition) is 2. The highest BCUT2D eigenvalue weighted by Gasteiger charge is 1.87. The molecule has 0 aliphatic rings. The van der Waals surface area contributed by atoms with Crippen LogP contribution in [0.25, 0.3) is 0 Å². The summed E-state index contributed by atoms with van der Waals surface area (Å²) in [6, 6.07) is 9.95. The van der Waals surface area contributed by atoms with Gasteiger partial charge in [-0.15, -0.1) is 0 Å². The molecule has 1 aromatic rings. The fraction of sp³-hybridized carbons (Fsp3) is 0.417. The third-order valence-electron chi connectivity index (χ3n) is 1.71. The van der Waals surface area contributed by atoms with E-state index in [9.17, 15) is 4.79 Å². The van der Waals surface area contributed by atoms with Crippen molar-refractivity contribution in [2.45, 2.75) is 26.2 Å². The van der Waals surface area contributed by atoms with Crippen molar-refractivity contribution in [1.29, 1.82) is 0 Å². The minimum absolute atomic E-state index is 0.240. The maximum atomic E-state index is 9.60. The van der Waals surface area contributed by atoms with Crippen LogP contribution < -0.4 is 0 Å². The Morgan fingerprint density at radius 1 is 1.27 bits per heavy atom. The lowest BCUT2D eigenvalue weighted by Crippen LogP contribution is -1.90. The molecule has 15 heavy (non-hydrogen) atoms. The molecule has 2 N–H and O–H groups in total. The van der Waals surface area contributed by atoms with E-state index in [1.54, 1.807) is 0 Å². The number of carbonyl (C=O) groups is 1. The lowest BCUT2D eigenvalue weighted by atomic mass is 10.2. The summed E-state index contributed by atoms with van der Waals surface area (Å²) in [5, 5.41) is 16.4. The monoisotopic (exact) mass is 210 g/mol. The number of aliphatic carboxylic acids is 1. The third kappa shape index (κ3) is 8.97. The molecule has 0 atom stereocenters. The van der Waals surface area contributed by atoms with Gasteiger partial charge in [0.1, 0.15) is 0 Å². The van der Waals surface area contributed by atoms with Gasteiger partial charge in [-0.2, -0.15) is 0 Å². The molecule has 0 saturated carbocycles. The number of hydrogen-bond donors (Lipinski definition) is 2. The van der Waals surface area contributed by atoms with E-state index in [1.807, 2.05) is 37.3 Å². The summed E-state index contributed by atoms with van der Waals surface area (Å²) in [5.74, 6) is -0.711. The summed E-state index contributed by atoms with van der Waals surface area (Å²) >= 11 is 0. The van der Waals surface area contributed by atoms with Crippen molar-refractivity contribution < 1.29 is 15.0 Å². The first kappa shape index (κ1) is 13.7. The maximum Gasteiger partial charge on any atom is 0.303 e. The first-order chi connectivity index (χ1) is 7.20. The number of aliphatic hydroxyl groups excluding tert-OH is 1. The second-order valence-electron chi connectivity index (χ2n) is 3.10. The van der Waals surface area contributed by atoms with Crippen molar-refractivity contribution in [3.8, 4) is 0 Å². The molecule has 0 radical (unpaired) electrons. The minimum atomic E-state index is -0.711. The number of rotatable bonds is 4. The topological polar surface area (TPSA) is 57.5 Å². The van der Waals surface area contributed by atoms with Crippen molar-refractivity contribution in [3.63, 3.8) is 0 Å². The number of benzene rings is 1. The summed E-state index contributed by atoms with van der Waals surface area (Å²) in [6.07, 6.45) is 1.79. The molecule has 0 bridgehead atoms. The first-order valence-corrected chi connectivity index (χ1v) is 5.07. The highest BCUT2D eigenvalue weighted by Crippen LogP contribution is 1.97. The van der Waals surface area contributed by atoms with Crippen LogP contribution >= 0.6 is 0 Å². The Bertz CT molecular complexity index is 257. The zero-order valence-electron chi connectivity index (χ0n) is 9.02. The van der Waals surface area contributed by atoms with E-state index in [0.29, 0.717) is 6.42 Å². The highest BCUT2D eigenvalue weighted by molar-refractivity contribution is 5.66. The van der Waals surface area contributed by atoms with E-state index in [0.717, 1.165) is 12.8 Å². The van der Waals surface area contributed by atoms with Gasteiger partial charge in [0.25, 0.3) is 0 Å². The molecule has 0 aliphatic carbocycles. The lowest BCUT2D eigenvalue weighted by molar-refractivity contribution is -0.137. The molecule has 84 valence electrons. The molecule has 0 fully saturated rings. The molecule has 0 amide bonds. The smallest absolute Gasteiger partial charge is 0.303 e. The maximum absolute atomic E-state index is 9.60. The van der Waals surface area contributed by atoms with E-state index in [2.05, 4.69) is 0 Å². The molecular formula is C12H18O3. The van der Waals surface area contributed by atoms with Crippen molar-refractivity contribution in [1.82, 2.24) is 0 Å². The summed E-state index contributed by atoms with van der Waals surface area (Å²) < 4.78 is 0. The SMILES string of the molecule is CCCC(=O)O.OCCc1ccccc1. The average molecular weight is 210 g/mol. The van der Waals surface area contributed by atoms with Crippen molar-refractivity contribution in [3.05, 3.63) is 35.9 Å². The second kappa shape index (κ2) is 9.21. The molecule has 1 rings (SSSR count). The molecule has 0 aromatic heterocycles. The Labute approximate surface area is 90.4 Å². The number of carboxylic acid groups (broad SMARTS) is 1. The molecule has 0 aliphatic heterocycles. The summed E-state index contributed by atoms with van der Waals surface area (Å²) in [7, 11) is 0. The normalized spacial score (nSPS) is 8.93. The van der Waals surface area contributed by atoms with E-state index in [4.69, 9.17) is 10.2 Å². The van der Waals surface area contributed by atoms with E-state index < -0.39 is 5.97 Å². The molecular weight excluding hydrogens is 192 g/mol. The molecule has 3 nitrogen and oxygen atoms in total. The van der Waals surface area contributed by atoms with Crippen molar-refractivity contribution in [2.75, 3.05) is 6.61 Å². The Hall–Kier alpha value is -1.35. The van der Waals surface area contributed by atoms with Gasteiger partial charge in [0, 0.05) is 13.0 Å². The fourth-order valence-electron chi connectivity index (χ4n) is 0.988. The molecule has 0 heterocycles. The van der Waals surface area contributed by atoms with Crippen LogP contribution in [-0.2, 0) is 11.2 Å². The van der Waals surface area contributed by atoms with Crippen LogP contribution in [0, 0.1) is 0 Å². The molecule has 0 spiro atoms. The standard InChI is InChI=1S/C8H10O.C4H8O2/c9-7-6-8-4-2-1-3-5-8;1-2-3-4(5)6/h1-5,9H,6-7H2;2-3H2,1H3,(H,5,6). The zero-order chi connectivity index (χ0) is 11.5. The van der Waals surface area contributed by atoms with Crippen LogP contribution in [0.3, 0.4) is 0 Å². The first-order valence-electron chi connectivity index (χ1n) is 5.07. The Balaban J connectivity index is 0.000000288. The van der Waals surface area contributed by atoms with E-state index >= 15 is 0 Å². The van der Waals surface area contributed by atoms with E-state index in [-0.39, 0.29) is 6.61 Å². The lowest BCUT2D eigenvalue weighted by Gasteiger charge is -1.93. The van der Waals surface area contributed by atoms with E-state index in [1.165, 1.54) is 5.56 Å². The molecule has 3 heteroatoms. The van der Waals surface area contributed by atoms with Crippen LogP contribution in [0.1, 0.15) is 25.3 Å². The van der Waals surface area contributed by atoms with Gasteiger partial charge in [-0.3, -0.25) is 4.79 Å². The minimum Gasteiger partial charge on any atom is -0.481 e. The Morgan fingerprint density at radius 2 is 1.87 bits per heavy atom. The van der Waals surface area contributed by atoms with Gasteiger partial charge in [-0.1, -0.05) is 37.3 Å². The van der Waals surface area contributed by atoms with Gasteiger partial charge < -0.3 is 10.2 Å². The van der Waals surface area contributed by atoms with Crippen molar-refractivity contribution in [2.24, 2.45) is 0 Å². The average Bonchev–Trinajstić information content (AvgIpc) is 2.20. The van der Waals surface area contributed by atoms with Gasteiger partial charge in [0.05, 0.1) is 0 Å². The van der Waals surface area contributed by atoms with Crippen LogP contribution in [0.15, 0.2) is 30.3 Å². The summed E-state index contributed by atoms with van der Waals surface area (Å²) in [4.78, 5) is 9.60. The highest BCUT2D eigenvalue weighted by atomic mass is 16.4. The second-order valence-corrected chi connectivity index (χ2v) is 3.10. The third-order valence-corrected chi connectivity index (χ3v) is 1.71. The number of carboxylic acids is 1. The van der Waals surface area contributed by atoms with Crippen LogP contribution in [-0.4, -0.2) is 22.8 Å². The van der Waals surface area contributed by atoms with Gasteiger partial charge in [0.2, 0.25) is 0 Å². The van der Waals surface area contributed by atoms with Gasteiger partial charge in [-0.25, -0.2) is 0 Å². The molecule has 0 saturated heterocycles. The quantitative estimate of drug-likeness (QED) is 0.800. The zero-order valence-corrected chi connectivity index (χ0v) is 9.02. The van der Waals surface area contributed by atoms with Gasteiger partial charge in [0.15, 0.2) is 0 Å². The predicted octanol–water partition coefficient (Wildman–Crippen LogP) is 2.09. The Morgan fingerprint density at radius 3 is 2.20 bits per heavy atom. The van der Waals surface area contributed by atoms with Crippen LogP contribution in [0.5, 0.6) is 0 Å². The summed E-state index contributed by atoms with van der Waals surface area (Å²) in [5.41, 5.74) is 1.19.